The normalized spacial score (nSPS) is 22.1. The topological polar surface area (TPSA) is 28.5 Å². The fraction of sp³-hybridized carbons (Fsp3) is 0.318. The summed E-state index contributed by atoms with van der Waals surface area (Å²) in [4.78, 5) is 19.0. The van der Waals surface area contributed by atoms with Crippen LogP contribution < -0.4 is 0 Å². The average molecular weight is 378 g/mol. The molecule has 1 fully saturated rings. The first-order valence-corrected chi connectivity index (χ1v) is 10.3. The van der Waals surface area contributed by atoms with Crippen molar-refractivity contribution in [3.63, 3.8) is 0 Å². The number of carbonyl (C=O) groups is 1. The zero-order valence-electron chi connectivity index (χ0n) is 15.4. The van der Waals surface area contributed by atoms with E-state index < -0.39 is 0 Å². The maximum atomic E-state index is 13.1. The van der Waals surface area contributed by atoms with Crippen molar-refractivity contribution in [1.82, 2.24) is 14.4 Å². The Bertz CT molecular complexity index is 962. The van der Waals surface area contributed by atoms with E-state index in [0.29, 0.717) is 12.6 Å². The summed E-state index contributed by atoms with van der Waals surface area (Å²) in [5.74, 6) is 0.159. The predicted octanol–water partition coefficient (Wildman–Crippen LogP) is 3.94. The first-order chi connectivity index (χ1) is 13.2. The van der Waals surface area contributed by atoms with Crippen molar-refractivity contribution in [2.45, 2.75) is 32.1 Å². The second-order valence-corrected chi connectivity index (χ2v) is 8.66. The summed E-state index contributed by atoms with van der Waals surface area (Å²) in [6.07, 6.45) is 2.07. The predicted molar refractivity (Wildman–Crippen MR) is 108 cm³/mol. The van der Waals surface area contributed by atoms with E-state index in [1.165, 1.54) is 16.0 Å². The van der Waals surface area contributed by atoms with Gasteiger partial charge >= 0.3 is 0 Å². The van der Waals surface area contributed by atoms with Crippen LogP contribution in [0.15, 0.2) is 60.1 Å². The fourth-order valence-corrected chi connectivity index (χ4v) is 5.25. The molecule has 5 heteroatoms. The van der Waals surface area contributed by atoms with Crippen molar-refractivity contribution in [1.29, 1.82) is 0 Å². The zero-order valence-corrected chi connectivity index (χ0v) is 16.2. The van der Waals surface area contributed by atoms with Crippen LogP contribution in [0.1, 0.15) is 32.5 Å². The molecule has 4 nitrogen and oxygen atoms in total. The van der Waals surface area contributed by atoms with E-state index in [0.717, 1.165) is 25.3 Å². The maximum Gasteiger partial charge on any atom is 0.271 e. The highest BCUT2D eigenvalue weighted by molar-refractivity contribution is 7.09. The second kappa shape index (κ2) is 6.66. The average Bonchev–Trinajstić information content (AvgIpc) is 3.38. The lowest BCUT2D eigenvalue weighted by Crippen LogP contribution is -2.49. The molecule has 0 spiro atoms. The number of hydrogen-bond donors (Lipinski definition) is 0. The molecule has 2 aliphatic rings. The summed E-state index contributed by atoms with van der Waals surface area (Å²) in [5, 5.41) is 2.09. The number of benzene rings is 1. The first kappa shape index (κ1) is 16.8. The number of rotatable bonds is 4. The second-order valence-electron chi connectivity index (χ2n) is 7.63. The van der Waals surface area contributed by atoms with Crippen molar-refractivity contribution in [2.75, 3.05) is 13.1 Å². The van der Waals surface area contributed by atoms with Gasteiger partial charge in [0.2, 0.25) is 0 Å². The number of thiophene rings is 1. The molecular weight excluding hydrogens is 354 g/mol. The molecule has 0 saturated carbocycles. The number of carbonyl (C=O) groups excluding carboxylic acids is 1. The lowest BCUT2D eigenvalue weighted by atomic mass is 10.1. The Morgan fingerprint density at radius 2 is 1.93 bits per heavy atom. The molecule has 27 heavy (non-hydrogen) atoms. The molecule has 138 valence electrons. The third-order valence-corrected chi connectivity index (χ3v) is 6.61. The van der Waals surface area contributed by atoms with Crippen LogP contribution in [0.4, 0.5) is 0 Å². The van der Waals surface area contributed by atoms with Crippen LogP contribution in [0.25, 0.3) is 0 Å². The molecule has 5 rings (SSSR count). The van der Waals surface area contributed by atoms with E-state index >= 15 is 0 Å². The minimum Gasteiger partial charge on any atom is -0.337 e. The maximum absolute atomic E-state index is 13.1. The van der Waals surface area contributed by atoms with E-state index in [-0.39, 0.29) is 11.9 Å². The standard InChI is InChI=1S/C22H23N3OS/c1-16-5-2-6-17(11-16)12-23-14-20-21(15-23)25(13-18-7-4-10-27-18)22(26)19-8-3-9-24(19)20/h2-11,20-21H,12-15H2,1H3/t20-,21+/m0/s1. The summed E-state index contributed by atoms with van der Waals surface area (Å²) in [7, 11) is 0. The number of aryl methyl sites for hydroxylation is 1. The Hall–Kier alpha value is -2.37. The first-order valence-electron chi connectivity index (χ1n) is 9.47. The Kier molecular flexibility index (Phi) is 4.14. The molecule has 3 aromatic rings. The van der Waals surface area contributed by atoms with Gasteiger partial charge in [-0.25, -0.2) is 0 Å². The number of hydrogen-bond acceptors (Lipinski definition) is 3. The van der Waals surface area contributed by atoms with E-state index in [2.05, 4.69) is 69.3 Å². The highest BCUT2D eigenvalue weighted by Gasteiger charge is 2.44. The van der Waals surface area contributed by atoms with Gasteiger partial charge < -0.3 is 9.47 Å². The summed E-state index contributed by atoms with van der Waals surface area (Å²) in [6.45, 7) is 5.69. The summed E-state index contributed by atoms with van der Waals surface area (Å²) < 4.78 is 2.20. The molecule has 2 aliphatic heterocycles. The Morgan fingerprint density at radius 1 is 1.04 bits per heavy atom. The van der Waals surface area contributed by atoms with Crippen LogP contribution >= 0.6 is 11.3 Å². The molecule has 0 bridgehead atoms. The number of nitrogens with zero attached hydrogens (tertiary/aromatic N) is 3. The molecule has 0 N–H and O–H groups in total. The SMILES string of the molecule is Cc1cccc(CN2C[C@@H]3[C@H](C2)n2cccc2C(=O)N3Cc2cccs2)c1. The molecule has 0 radical (unpaired) electrons. The van der Waals surface area contributed by atoms with Gasteiger partial charge in [-0.2, -0.15) is 0 Å². The van der Waals surface area contributed by atoms with E-state index in [9.17, 15) is 4.79 Å². The van der Waals surface area contributed by atoms with Crippen LogP contribution in [-0.2, 0) is 13.1 Å². The lowest BCUT2D eigenvalue weighted by Gasteiger charge is -2.38. The number of amides is 1. The van der Waals surface area contributed by atoms with Gasteiger partial charge in [-0.15, -0.1) is 11.3 Å². The van der Waals surface area contributed by atoms with Gasteiger partial charge in [-0.05, 0) is 36.1 Å². The fourth-order valence-electron chi connectivity index (χ4n) is 4.55. The minimum absolute atomic E-state index is 0.159. The number of aromatic nitrogens is 1. The van der Waals surface area contributed by atoms with Crippen LogP contribution in [0.5, 0.6) is 0 Å². The highest BCUT2D eigenvalue weighted by atomic mass is 32.1. The highest BCUT2D eigenvalue weighted by Crippen LogP contribution is 2.35. The third-order valence-electron chi connectivity index (χ3n) is 5.75. The van der Waals surface area contributed by atoms with Gasteiger partial charge in [-0.3, -0.25) is 9.69 Å². The Morgan fingerprint density at radius 3 is 2.74 bits per heavy atom. The molecule has 1 amide bonds. The van der Waals surface area contributed by atoms with Crippen molar-refractivity contribution in [3.05, 3.63) is 81.8 Å². The number of likely N-dealkylation sites (tertiary alicyclic amines) is 1. The minimum atomic E-state index is 0.159. The summed E-state index contributed by atoms with van der Waals surface area (Å²) >= 11 is 1.73. The molecule has 2 atom stereocenters. The van der Waals surface area contributed by atoms with Gasteiger partial charge in [0.05, 0.1) is 18.6 Å². The van der Waals surface area contributed by atoms with E-state index in [1.54, 1.807) is 11.3 Å². The summed E-state index contributed by atoms with van der Waals surface area (Å²) in [5.41, 5.74) is 3.47. The number of fused-ring (bicyclic) bond motifs is 3. The molecule has 0 unspecified atom stereocenters. The zero-order chi connectivity index (χ0) is 18.4. The molecule has 2 aromatic heterocycles. The van der Waals surface area contributed by atoms with Gasteiger partial charge in [0.25, 0.3) is 5.91 Å². The van der Waals surface area contributed by atoms with Crippen molar-refractivity contribution in [3.8, 4) is 0 Å². The smallest absolute Gasteiger partial charge is 0.271 e. The molecule has 0 aliphatic carbocycles. The van der Waals surface area contributed by atoms with Crippen LogP contribution in [0, 0.1) is 6.92 Å². The van der Waals surface area contributed by atoms with Crippen LogP contribution in [-0.4, -0.2) is 39.4 Å². The monoisotopic (exact) mass is 377 g/mol. The quantitative estimate of drug-likeness (QED) is 0.689. The van der Waals surface area contributed by atoms with Crippen molar-refractivity contribution < 1.29 is 4.79 Å². The molecule has 1 saturated heterocycles. The third kappa shape index (κ3) is 3.01. The van der Waals surface area contributed by atoms with Gasteiger partial charge in [0, 0.05) is 30.7 Å². The summed E-state index contributed by atoms with van der Waals surface area (Å²) in [6, 6.07) is 17.4. The molecular formula is C22H23N3OS. The Balaban J connectivity index is 1.43. The van der Waals surface area contributed by atoms with Crippen LogP contribution in [0.3, 0.4) is 0 Å². The van der Waals surface area contributed by atoms with E-state index in [4.69, 9.17) is 0 Å². The molecule has 1 aromatic carbocycles. The largest absolute Gasteiger partial charge is 0.337 e. The van der Waals surface area contributed by atoms with Crippen LogP contribution in [0.2, 0.25) is 0 Å². The Labute approximate surface area is 163 Å². The van der Waals surface area contributed by atoms with Gasteiger partial charge in [0.1, 0.15) is 5.69 Å². The van der Waals surface area contributed by atoms with Crippen molar-refractivity contribution >= 4 is 17.2 Å². The van der Waals surface area contributed by atoms with E-state index in [1.807, 2.05) is 12.1 Å². The molecule has 4 heterocycles. The van der Waals surface area contributed by atoms with Crippen molar-refractivity contribution in [2.24, 2.45) is 0 Å². The van der Waals surface area contributed by atoms with Gasteiger partial charge in [0.15, 0.2) is 0 Å². The van der Waals surface area contributed by atoms with Gasteiger partial charge in [-0.1, -0.05) is 35.9 Å². The lowest BCUT2D eigenvalue weighted by molar-refractivity contribution is 0.0559.